The summed E-state index contributed by atoms with van der Waals surface area (Å²) in [5.74, 6) is -0.208. The number of nitrogens with zero attached hydrogens (tertiary/aromatic N) is 3. The molecule has 27 heavy (non-hydrogen) atoms. The number of hydrogen-bond donors (Lipinski definition) is 3. The topological polar surface area (TPSA) is 113 Å². The second-order valence-corrected chi connectivity index (χ2v) is 6.18. The third-order valence-corrected chi connectivity index (χ3v) is 4.22. The van der Waals surface area contributed by atoms with E-state index in [2.05, 4.69) is 31.3 Å². The fourth-order valence-corrected chi connectivity index (χ4v) is 2.59. The van der Waals surface area contributed by atoms with Gasteiger partial charge in [-0.1, -0.05) is 30.3 Å². The van der Waals surface area contributed by atoms with Gasteiger partial charge >= 0.3 is 0 Å². The summed E-state index contributed by atoms with van der Waals surface area (Å²) in [5.41, 5.74) is 4.47. The number of carbonyl (C=O) groups is 2. The highest BCUT2D eigenvalue weighted by Crippen LogP contribution is 2.18. The van der Waals surface area contributed by atoms with Crippen LogP contribution < -0.4 is 10.6 Å². The molecule has 0 unspecified atom stereocenters. The molecule has 1 heterocycles. The number of tetrazole rings is 1. The minimum absolute atomic E-state index is 0.238. The molecule has 8 heteroatoms. The van der Waals surface area contributed by atoms with Gasteiger partial charge in [-0.25, -0.2) is 0 Å². The number of nitrogens with one attached hydrogen (secondary N) is 3. The highest BCUT2D eigenvalue weighted by atomic mass is 16.2. The molecular formula is C19H20N6O2. The zero-order valence-electron chi connectivity index (χ0n) is 15.1. The van der Waals surface area contributed by atoms with E-state index in [9.17, 15) is 9.59 Å². The van der Waals surface area contributed by atoms with Crippen molar-refractivity contribution in [2.45, 2.75) is 26.8 Å². The van der Waals surface area contributed by atoms with Gasteiger partial charge in [0.05, 0.1) is 0 Å². The lowest BCUT2D eigenvalue weighted by molar-refractivity contribution is -0.126. The molecule has 138 valence electrons. The summed E-state index contributed by atoms with van der Waals surface area (Å²) >= 11 is 0. The van der Waals surface area contributed by atoms with E-state index < -0.39 is 0 Å². The Balaban J connectivity index is 1.53. The van der Waals surface area contributed by atoms with Crippen LogP contribution in [0.2, 0.25) is 0 Å². The van der Waals surface area contributed by atoms with Crippen molar-refractivity contribution in [2.75, 3.05) is 5.32 Å². The Morgan fingerprint density at radius 2 is 1.89 bits per heavy atom. The maximum atomic E-state index is 12.1. The van der Waals surface area contributed by atoms with Crippen molar-refractivity contribution >= 4 is 17.5 Å². The summed E-state index contributed by atoms with van der Waals surface area (Å²) in [5, 5.41) is 19.3. The van der Waals surface area contributed by atoms with Crippen molar-refractivity contribution in [1.29, 1.82) is 0 Å². The average Bonchev–Trinajstić information content (AvgIpc) is 3.19. The van der Waals surface area contributed by atoms with Crippen LogP contribution in [0.5, 0.6) is 0 Å². The lowest BCUT2D eigenvalue weighted by Crippen LogP contribution is -2.27. The summed E-state index contributed by atoms with van der Waals surface area (Å²) in [4.78, 5) is 24.2. The van der Waals surface area contributed by atoms with E-state index in [4.69, 9.17) is 0 Å². The Morgan fingerprint density at radius 3 is 2.67 bits per heavy atom. The lowest BCUT2D eigenvalue weighted by atomic mass is 10.1. The maximum Gasteiger partial charge on any atom is 0.233 e. The number of amides is 2. The Morgan fingerprint density at radius 1 is 1.07 bits per heavy atom. The molecule has 0 atom stereocenters. The number of aromatic amines is 1. The largest absolute Gasteiger partial charge is 0.352 e. The molecule has 3 aromatic rings. The van der Waals surface area contributed by atoms with E-state index in [1.54, 1.807) is 0 Å². The van der Waals surface area contributed by atoms with Gasteiger partial charge in [-0.3, -0.25) is 9.59 Å². The first-order chi connectivity index (χ1) is 13.0. The van der Waals surface area contributed by atoms with Crippen molar-refractivity contribution in [2.24, 2.45) is 0 Å². The predicted octanol–water partition coefficient (Wildman–Crippen LogP) is 2.13. The minimum atomic E-state index is -0.346. The Hall–Kier alpha value is -3.55. The molecule has 0 fully saturated rings. The third-order valence-electron chi connectivity index (χ3n) is 4.22. The number of hydrogen-bond acceptors (Lipinski definition) is 5. The van der Waals surface area contributed by atoms with Crippen LogP contribution in [0, 0.1) is 13.8 Å². The Kier molecular flexibility index (Phi) is 5.55. The number of H-pyrrole nitrogens is 1. The predicted molar refractivity (Wildman–Crippen MR) is 101 cm³/mol. The van der Waals surface area contributed by atoms with Crippen LogP contribution in [-0.4, -0.2) is 32.4 Å². The van der Waals surface area contributed by atoms with Crippen LogP contribution in [0.3, 0.4) is 0 Å². The van der Waals surface area contributed by atoms with Gasteiger partial charge in [-0.15, -0.1) is 10.2 Å². The van der Waals surface area contributed by atoms with Crippen LogP contribution in [0.25, 0.3) is 11.4 Å². The third kappa shape index (κ3) is 4.75. The van der Waals surface area contributed by atoms with Crippen LogP contribution in [-0.2, 0) is 16.1 Å². The first kappa shape index (κ1) is 18.2. The van der Waals surface area contributed by atoms with Crippen molar-refractivity contribution < 1.29 is 9.59 Å². The molecule has 0 aliphatic carbocycles. The smallest absolute Gasteiger partial charge is 0.233 e. The van der Waals surface area contributed by atoms with E-state index >= 15 is 0 Å². The normalized spacial score (nSPS) is 10.4. The molecule has 0 aliphatic rings. The van der Waals surface area contributed by atoms with E-state index in [0.29, 0.717) is 12.4 Å². The van der Waals surface area contributed by atoms with E-state index in [-0.39, 0.29) is 18.2 Å². The highest BCUT2D eigenvalue weighted by molar-refractivity contribution is 6.03. The van der Waals surface area contributed by atoms with Crippen molar-refractivity contribution in [3.8, 4) is 11.4 Å². The lowest BCUT2D eigenvalue weighted by Gasteiger charge is -2.10. The SMILES string of the molecule is Cc1cccc(NC(=O)CC(=O)NCc2cccc(-c3nn[nH]n3)c2)c1C. The molecule has 0 spiro atoms. The van der Waals surface area contributed by atoms with Gasteiger partial charge in [0.25, 0.3) is 0 Å². The van der Waals surface area contributed by atoms with Crippen molar-refractivity contribution in [1.82, 2.24) is 25.9 Å². The van der Waals surface area contributed by atoms with E-state index in [1.807, 2.05) is 56.3 Å². The fourth-order valence-electron chi connectivity index (χ4n) is 2.59. The molecule has 3 N–H and O–H groups in total. The summed E-state index contributed by atoms with van der Waals surface area (Å²) in [6, 6.07) is 13.1. The minimum Gasteiger partial charge on any atom is -0.352 e. The number of benzene rings is 2. The van der Waals surface area contributed by atoms with Gasteiger partial charge in [0.15, 0.2) is 0 Å². The maximum absolute atomic E-state index is 12.1. The molecule has 0 saturated carbocycles. The van der Waals surface area contributed by atoms with Gasteiger partial charge in [-0.2, -0.15) is 5.21 Å². The average molecular weight is 364 g/mol. The second kappa shape index (κ2) is 8.22. The number of aromatic nitrogens is 4. The van der Waals surface area contributed by atoms with Gasteiger partial charge in [-0.05, 0) is 47.9 Å². The number of rotatable bonds is 6. The van der Waals surface area contributed by atoms with E-state index in [1.165, 1.54) is 0 Å². The number of carbonyl (C=O) groups excluding carboxylic acids is 2. The highest BCUT2D eigenvalue weighted by Gasteiger charge is 2.11. The molecule has 0 saturated heterocycles. The van der Waals surface area contributed by atoms with E-state index in [0.717, 1.165) is 27.9 Å². The van der Waals surface area contributed by atoms with Gasteiger partial charge < -0.3 is 10.6 Å². The molecule has 0 bridgehead atoms. The number of aryl methyl sites for hydroxylation is 1. The molecular weight excluding hydrogens is 344 g/mol. The summed E-state index contributed by atoms with van der Waals surface area (Å²) in [6.45, 7) is 4.21. The quantitative estimate of drug-likeness (QED) is 0.580. The van der Waals surface area contributed by atoms with Crippen LogP contribution in [0.4, 0.5) is 5.69 Å². The summed E-state index contributed by atoms with van der Waals surface area (Å²) in [6.07, 6.45) is -0.238. The fraction of sp³-hybridized carbons (Fsp3) is 0.211. The second-order valence-electron chi connectivity index (χ2n) is 6.18. The van der Waals surface area contributed by atoms with Crippen LogP contribution in [0.15, 0.2) is 42.5 Å². The van der Waals surface area contributed by atoms with Crippen LogP contribution in [0.1, 0.15) is 23.1 Å². The molecule has 3 rings (SSSR count). The van der Waals surface area contributed by atoms with Crippen molar-refractivity contribution in [3.05, 3.63) is 59.2 Å². The zero-order chi connectivity index (χ0) is 19.2. The molecule has 1 aromatic heterocycles. The zero-order valence-corrected chi connectivity index (χ0v) is 15.1. The van der Waals surface area contributed by atoms with Gasteiger partial charge in [0.1, 0.15) is 6.42 Å². The molecule has 8 nitrogen and oxygen atoms in total. The van der Waals surface area contributed by atoms with Crippen molar-refractivity contribution in [3.63, 3.8) is 0 Å². The molecule has 2 aromatic carbocycles. The standard InChI is InChI=1S/C19H20N6O2/c1-12-5-3-8-16(13(12)2)21-18(27)10-17(26)20-11-14-6-4-7-15(9-14)19-22-24-25-23-19/h3-9H,10-11H2,1-2H3,(H,20,26)(H,21,27)(H,22,23,24,25). The monoisotopic (exact) mass is 364 g/mol. The Labute approximate surface area is 156 Å². The summed E-state index contributed by atoms with van der Waals surface area (Å²) in [7, 11) is 0. The summed E-state index contributed by atoms with van der Waals surface area (Å²) < 4.78 is 0. The Bertz CT molecular complexity index is 953. The van der Waals surface area contributed by atoms with Crippen LogP contribution >= 0.6 is 0 Å². The first-order valence-electron chi connectivity index (χ1n) is 8.48. The molecule has 0 aliphatic heterocycles. The first-order valence-corrected chi connectivity index (χ1v) is 8.48. The number of anilines is 1. The molecule has 0 radical (unpaired) electrons. The van der Waals surface area contributed by atoms with Gasteiger partial charge in [0, 0.05) is 17.8 Å². The molecule has 2 amide bonds. The van der Waals surface area contributed by atoms with Gasteiger partial charge in [0.2, 0.25) is 17.6 Å².